The minimum Gasteiger partial charge on any atom is -0.380 e. The lowest BCUT2D eigenvalue weighted by molar-refractivity contribution is -0.151. The van der Waals surface area contributed by atoms with Crippen molar-refractivity contribution >= 4 is 5.91 Å². The number of benzene rings is 2. The van der Waals surface area contributed by atoms with Crippen LogP contribution in [0.1, 0.15) is 28.7 Å². The van der Waals surface area contributed by atoms with Crippen molar-refractivity contribution in [1.29, 1.82) is 0 Å². The Balaban J connectivity index is 1.77. The first kappa shape index (κ1) is 16.7. The molecule has 1 aliphatic carbocycles. The number of likely N-dealkylation sites (N-methyl/N-ethyl adjacent to an activating group) is 1. The smallest absolute Gasteiger partial charge is 0.254 e. The Morgan fingerprint density at radius 2 is 1.96 bits per heavy atom. The van der Waals surface area contributed by atoms with Crippen molar-refractivity contribution in [3.63, 3.8) is 0 Å². The molecular weight excluding hydrogens is 305 g/mol. The highest BCUT2D eigenvalue weighted by Crippen LogP contribution is 2.30. The summed E-state index contributed by atoms with van der Waals surface area (Å²) < 4.78 is 13.9. The Labute approximate surface area is 141 Å². The topological polar surface area (TPSA) is 40.5 Å². The van der Waals surface area contributed by atoms with Gasteiger partial charge >= 0.3 is 0 Å². The normalized spacial score (nSPS) is 19.7. The van der Waals surface area contributed by atoms with Crippen LogP contribution >= 0.6 is 0 Å². The molecule has 0 heterocycles. The summed E-state index contributed by atoms with van der Waals surface area (Å²) >= 11 is 0. The fraction of sp³-hybridized carbons (Fsp3) is 0.350. The maximum absolute atomic E-state index is 13.9. The minimum atomic E-state index is -1.41. The number of amides is 1. The number of aryl methyl sites for hydroxylation is 2. The highest BCUT2D eigenvalue weighted by atomic mass is 19.1. The predicted octanol–water partition coefficient (Wildman–Crippen LogP) is 3.01. The van der Waals surface area contributed by atoms with Gasteiger partial charge in [0.1, 0.15) is 11.4 Å². The molecule has 0 spiro atoms. The van der Waals surface area contributed by atoms with Crippen LogP contribution in [0.3, 0.4) is 0 Å². The summed E-state index contributed by atoms with van der Waals surface area (Å²) in [5.74, 6) is -0.681. The molecule has 24 heavy (non-hydrogen) atoms. The Hall–Kier alpha value is -2.20. The van der Waals surface area contributed by atoms with E-state index in [4.69, 9.17) is 0 Å². The number of halogens is 1. The Morgan fingerprint density at radius 1 is 1.25 bits per heavy atom. The molecule has 4 heteroatoms. The first-order valence-electron chi connectivity index (χ1n) is 8.19. The number of aliphatic hydroxyl groups is 1. The van der Waals surface area contributed by atoms with E-state index in [0.717, 1.165) is 11.1 Å². The van der Waals surface area contributed by atoms with Gasteiger partial charge in [0.2, 0.25) is 0 Å². The third-order valence-electron chi connectivity index (χ3n) is 4.76. The summed E-state index contributed by atoms with van der Waals surface area (Å²) in [6.45, 7) is 2.03. The van der Waals surface area contributed by atoms with Crippen LogP contribution in [0.5, 0.6) is 0 Å². The number of fused-ring (bicyclic) bond motifs is 1. The van der Waals surface area contributed by atoms with Crippen molar-refractivity contribution in [3.05, 3.63) is 70.5 Å². The van der Waals surface area contributed by atoms with Gasteiger partial charge in [-0.05, 0) is 37.0 Å². The summed E-state index contributed by atoms with van der Waals surface area (Å²) in [6.07, 6.45) is 1.37. The van der Waals surface area contributed by atoms with Crippen molar-refractivity contribution < 1.29 is 14.3 Å². The molecule has 0 saturated heterocycles. The maximum atomic E-state index is 13.9. The quantitative estimate of drug-likeness (QED) is 0.941. The van der Waals surface area contributed by atoms with Crippen LogP contribution in [0.2, 0.25) is 0 Å². The molecule has 3 nitrogen and oxygen atoms in total. The van der Waals surface area contributed by atoms with Crippen molar-refractivity contribution in [1.82, 2.24) is 4.90 Å². The minimum absolute atomic E-state index is 0.149. The molecule has 0 bridgehead atoms. The van der Waals surface area contributed by atoms with Crippen molar-refractivity contribution in [2.45, 2.75) is 38.3 Å². The standard InChI is InChI=1S/C20H22FNO2/c1-14-7-8-18(21)17(11-14)13-22(2)19(23)20(24)10-9-15-5-3-4-6-16(15)12-20/h3-8,11,24H,9-10,12-13H2,1-2H3. The van der Waals surface area contributed by atoms with Crippen molar-refractivity contribution in [3.8, 4) is 0 Å². The molecule has 126 valence electrons. The molecular formula is C20H22FNO2. The fourth-order valence-corrected chi connectivity index (χ4v) is 3.41. The van der Waals surface area contributed by atoms with E-state index >= 15 is 0 Å². The second-order valence-electron chi connectivity index (χ2n) is 6.73. The molecule has 1 amide bonds. The Kier molecular flexibility index (Phi) is 4.41. The van der Waals surface area contributed by atoms with E-state index in [-0.39, 0.29) is 18.3 Å². The lowest BCUT2D eigenvalue weighted by Crippen LogP contribution is -2.50. The summed E-state index contributed by atoms with van der Waals surface area (Å²) in [5.41, 5.74) is 2.18. The third-order valence-corrected chi connectivity index (χ3v) is 4.76. The monoisotopic (exact) mass is 327 g/mol. The first-order chi connectivity index (χ1) is 11.4. The third kappa shape index (κ3) is 3.20. The highest BCUT2D eigenvalue weighted by Gasteiger charge is 2.40. The summed E-state index contributed by atoms with van der Waals surface area (Å²) in [7, 11) is 1.61. The van der Waals surface area contributed by atoms with Crippen molar-refractivity contribution in [2.75, 3.05) is 7.05 Å². The fourth-order valence-electron chi connectivity index (χ4n) is 3.41. The second kappa shape index (κ2) is 6.36. The molecule has 1 unspecified atom stereocenters. The van der Waals surface area contributed by atoms with Crippen LogP contribution in [-0.4, -0.2) is 28.6 Å². The first-order valence-corrected chi connectivity index (χ1v) is 8.19. The van der Waals surface area contributed by atoms with E-state index in [1.165, 1.54) is 16.5 Å². The van der Waals surface area contributed by atoms with Gasteiger partial charge in [0.15, 0.2) is 0 Å². The van der Waals surface area contributed by atoms with Gasteiger partial charge in [0.05, 0.1) is 0 Å². The zero-order chi connectivity index (χ0) is 17.3. The number of carbonyl (C=O) groups is 1. The lowest BCUT2D eigenvalue weighted by Gasteiger charge is -2.35. The molecule has 0 radical (unpaired) electrons. The highest BCUT2D eigenvalue weighted by molar-refractivity contribution is 5.85. The van der Waals surface area contributed by atoms with Gasteiger partial charge in [-0.3, -0.25) is 4.79 Å². The van der Waals surface area contributed by atoms with Gasteiger partial charge in [-0.25, -0.2) is 4.39 Å². The van der Waals surface area contributed by atoms with Crippen LogP contribution in [0, 0.1) is 12.7 Å². The largest absolute Gasteiger partial charge is 0.380 e. The molecule has 2 aromatic rings. The Bertz CT molecular complexity index is 774. The van der Waals surface area contributed by atoms with Gasteiger partial charge in [0.25, 0.3) is 5.91 Å². The SMILES string of the molecule is Cc1ccc(F)c(CN(C)C(=O)C2(O)CCc3ccccc3C2)c1. The summed E-state index contributed by atoms with van der Waals surface area (Å²) in [4.78, 5) is 14.2. The van der Waals surface area contributed by atoms with Gasteiger partial charge in [-0.2, -0.15) is 0 Å². The molecule has 1 aliphatic rings. The number of rotatable bonds is 3. The van der Waals surface area contributed by atoms with Crippen LogP contribution < -0.4 is 0 Å². The summed E-state index contributed by atoms with van der Waals surface area (Å²) in [6, 6.07) is 12.7. The number of hydrogen-bond acceptors (Lipinski definition) is 2. The number of hydrogen-bond donors (Lipinski definition) is 1. The predicted molar refractivity (Wildman–Crippen MR) is 91.0 cm³/mol. The number of nitrogens with zero attached hydrogens (tertiary/aromatic N) is 1. The van der Waals surface area contributed by atoms with E-state index in [1.54, 1.807) is 19.2 Å². The van der Waals surface area contributed by atoms with Crippen LogP contribution in [0.25, 0.3) is 0 Å². The van der Waals surface area contributed by atoms with Crippen LogP contribution in [-0.2, 0) is 24.2 Å². The van der Waals surface area contributed by atoms with E-state index in [2.05, 4.69) is 0 Å². The molecule has 0 fully saturated rings. The molecule has 0 aromatic heterocycles. The van der Waals surface area contributed by atoms with E-state index < -0.39 is 5.60 Å². The van der Waals surface area contributed by atoms with Gasteiger partial charge in [-0.1, -0.05) is 42.0 Å². The van der Waals surface area contributed by atoms with E-state index in [1.807, 2.05) is 31.2 Å². The Morgan fingerprint density at radius 3 is 2.71 bits per heavy atom. The van der Waals surface area contributed by atoms with E-state index in [9.17, 15) is 14.3 Å². The zero-order valence-corrected chi connectivity index (χ0v) is 14.1. The zero-order valence-electron chi connectivity index (χ0n) is 14.1. The second-order valence-corrected chi connectivity index (χ2v) is 6.73. The van der Waals surface area contributed by atoms with Crippen molar-refractivity contribution in [2.24, 2.45) is 0 Å². The molecule has 2 aromatic carbocycles. The molecule has 0 aliphatic heterocycles. The van der Waals surface area contributed by atoms with E-state index in [0.29, 0.717) is 24.8 Å². The van der Waals surface area contributed by atoms with Crippen LogP contribution in [0.4, 0.5) is 4.39 Å². The molecule has 1 atom stereocenters. The molecule has 3 rings (SSSR count). The number of carbonyl (C=O) groups excluding carboxylic acids is 1. The van der Waals surface area contributed by atoms with Gasteiger partial charge in [0, 0.05) is 25.6 Å². The van der Waals surface area contributed by atoms with Crippen LogP contribution in [0.15, 0.2) is 42.5 Å². The molecule has 0 saturated carbocycles. The summed E-state index contributed by atoms with van der Waals surface area (Å²) in [5, 5.41) is 10.9. The lowest BCUT2D eigenvalue weighted by atomic mass is 9.79. The average molecular weight is 327 g/mol. The van der Waals surface area contributed by atoms with Gasteiger partial charge in [-0.15, -0.1) is 0 Å². The maximum Gasteiger partial charge on any atom is 0.254 e. The average Bonchev–Trinajstić information content (AvgIpc) is 2.57. The molecule has 1 N–H and O–H groups in total. The van der Waals surface area contributed by atoms with Gasteiger partial charge < -0.3 is 10.0 Å².